The first kappa shape index (κ1) is 18.8. The molecule has 0 bridgehead atoms. The molecule has 0 aromatic heterocycles. The van der Waals surface area contributed by atoms with Crippen LogP contribution in [-0.2, 0) is 4.79 Å². The van der Waals surface area contributed by atoms with Crippen molar-refractivity contribution < 1.29 is 14.3 Å². The van der Waals surface area contributed by atoms with Crippen molar-refractivity contribution in [2.45, 2.75) is 40.2 Å². The first-order valence-corrected chi connectivity index (χ1v) is 8.71. The van der Waals surface area contributed by atoms with E-state index >= 15 is 0 Å². The third-order valence-electron chi connectivity index (χ3n) is 3.85. The summed E-state index contributed by atoms with van der Waals surface area (Å²) in [6.45, 7) is 8.73. The summed E-state index contributed by atoms with van der Waals surface area (Å²) in [5, 5.41) is 2.86. The van der Waals surface area contributed by atoms with Crippen LogP contribution in [0.25, 0.3) is 0 Å². The molecule has 0 spiro atoms. The lowest BCUT2D eigenvalue weighted by Gasteiger charge is -2.16. The molecule has 2 rings (SSSR count). The Morgan fingerprint density at radius 1 is 1.04 bits per heavy atom. The zero-order chi connectivity index (χ0) is 18.2. The lowest BCUT2D eigenvalue weighted by atomic mass is 10.1. The average Bonchev–Trinajstić information content (AvgIpc) is 2.58. The lowest BCUT2D eigenvalue weighted by Crippen LogP contribution is -2.30. The number of aryl methyl sites for hydroxylation is 1. The highest BCUT2D eigenvalue weighted by molar-refractivity contribution is 5.94. The maximum Gasteiger partial charge on any atom is 0.265 e. The van der Waals surface area contributed by atoms with Crippen molar-refractivity contribution in [1.82, 2.24) is 0 Å². The van der Waals surface area contributed by atoms with Gasteiger partial charge in [-0.2, -0.15) is 0 Å². The van der Waals surface area contributed by atoms with E-state index in [-0.39, 0.29) is 5.91 Å². The molecule has 0 aliphatic carbocycles. The first-order valence-electron chi connectivity index (χ1n) is 8.71. The molecule has 4 heteroatoms. The van der Waals surface area contributed by atoms with E-state index < -0.39 is 6.10 Å². The molecule has 0 fully saturated rings. The zero-order valence-electron chi connectivity index (χ0n) is 15.4. The third kappa shape index (κ3) is 6.14. The third-order valence-corrected chi connectivity index (χ3v) is 3.85. The molecule has 0 aliphatic heterocycles. The van der Waals surface area contributed by atoms with Gasteiger partial charge in [-0.25, -0.2) is 0 Å². The van der Waals surface area contributed by atoms with Crippen LogP contribution in [0.1, 0.15) is 32.8 Å². The second kappa shape index (κ2) is 9.11. The van der Waals surface area contributed by atoms with Crippen molar-refractivity contribution in [2.75, 3.05) is 11.9 Å². The fourth-order valence-electron chi connectivity index (χ4n) is 2.22. The minimum absolute atomic E-state index is 0.184. The van der Waals surface area contributed by atoms with Crippen LogP contribution in [0.2, 0.25) is 0 Å². The molecule has 0 saturated heterocycles. The molecule has 1 unspecified atom stereocenters. The van der Waals surface area contributed by atoms with Gasteiger partial charge in [0.2, 0.25) is 0 Å². The summed E-state index contributed by atoms with van der Waals surface area (Å²) in [6.07, 6.45) is 0.440. The molecule has 1 N–H and O–H groups in total. The predicted molar refractivity (Wildman–Crippen MR) is 101 cm³/mol. The Bertz CT molecular complexity index is 680. The SMILES string of the molecule is Cc1ccccc1OC(C)C(=O)Nc1ccc(OCCC(C)C)cc1. The number of hydrogen-bond acceptors (Lipinski definition) is 3. The minimum Gasteiger partial charge on any atom is -0.494 e. The number of benzene rings is 2. The van der Waals surface area contributed by atoms with Crippen LogP contribution in [0.4, 0.5) is 5.69 Å². The molecule has 25 heavy (non-hydrogen) atoms. The van der Waals surface area contributed by atoms with Gasteiger partial charge in [-0.15, -0.1) is 0 Å². The second-order valence-electron chi connectivity index (χ2n) is 6.57. The number of hydrogen-bond donors (Lipinski definition) is 1. The van der Waals surface area contributed by atoms with Crippen molar-refractivity contribution in [1.29, 1.82) is 0 Å². The van der Waals surface area contributed by atoms with E-state index in [0.717, 1.165) is 29.2 Å². The number of carbonyl (C=O) groups is 1. The highest BCUT2D eigenvalue weighted by Gasteiger charge is 2.15. The average molecular weight is 341 g/mol. The van der Waals surface area contributed by atoms with Crippen molar-refractivity contribution in [2.24, 2.45) is 5.92 Å². The Hall–Kier alpha value is -2.49. The van der Waals surface area contributed by atoms with Crippen LogP contribution in [-0.4, -0.2) is 18.6 Å². The molecule has 4 nitrogen and oxygen atoms in total. The maximum absolute atomic E-state index is 12.3. The molecule has 0 radical (unpaired) electrons. The Morgan fingerprint density at radius 3 is 2.36 bits per heavy atom. The topological polar surface area (TPSA) is 47.6 Å². The Balaban J connectivity index is 1.86. The molecular weight excluding hydrogens is 314 g/mol. The number of rotatable bonds is 8. The number of nitrogens with one attached hydrogen (secondary N) is 1. The summed E-state index contributed by atoms with van der Waals surface area (Å²) >= 11 is 0. The summed E-state index contributed by atoms with van der Waals surface area (Å²) in [6, 6.07) is 15.1. The summed E-state index contributed by atoms with van der Waals surface area (Å²) in [7, 11) is 0. The molecule has 2 aromatic carbocycles. The number of ether oxygens (including phenoxy) is 2. The van der Waals surface area contributed by atoms with Gasteiger partial charge in [-0.3, -0.25) is 4.79 Å². The van der Waals surface area contributed by atoms with Gasteiger partial charge in [0.05, 0.1) is 6.61 Å². The normalized spacial score (nSPS) is 11.9. The fraction of sp³-hybridized carbons (Fsp3) is 0.381. The number of carbonyl (C=O) groups excluding carboxylic acids is 1. The highest BCUT2D eigenvalue weighted by atomic mass is 16.5. The van der Waals surface area contributed by atoms with Crippen LogP contribution in [0.3, 0.4) is 0 Å². The van der Waals surface area contributed by atoms with E-state index in [9.17, 15) is 4.79 Å². The van der Waals surface area contributed by atoms with Gasteiger partial charge in [-0.1, -0.05) is 32.0 Å². The van der Waals surface area contributed by atoms with Gasteiger partial charge in [0.15, 0.2) is 6.10 Å². The van der Waals surface area contributed by atoms with Crippen LogP contribution >= 0.6 is 0 Å². The largest absolute Gasteiger partial charge is 0.494 e. The highest BCUT2D eigenvalue weighted by Crippen LogP contribution is 2.19. The first-order chi connectivity index (χ1) is 12.0. The van der Waals surface area contributed by atoms with Gasteiger partial charge >= 0.3 is 0 Å². The molecule has 0 saturated carbocycles. The van der Waals surface area contributed by atoms with Crippen molar-refractivity contribution in [3.05, 3.63) is 54.1 Å². The van der Waals surface area contributed by atoms with E-state index in [1.807, 2.05) is 55.5 Å². The summed E-state index contributed by atoms with van der Waals surface area (Å²) in [4.78, 5) is 12.3. The van der Waals surface area contributed by atoms with Crippen molar-refractivity contribution in [3.63, 3.8) is 0 Å². The standard InChI is InChI=1S/C21H27NO3/c1-15(2)13-14-24-19-11-9-18(10-12-19)22-21(23)17(4)25-20-8-6-5-7-16(20)3/h5-12,15,17H,13-14H2,1-4H3,(H,22,23). The van der Waals surface area contributed by atoms with Gasteiger partial charge in [0, 0.05) is 5.69 Å². The number of para-hydroxylation sites is 1. The Morgan fingerprint density at radius 2 is 1.72 bits per heavy atom. The van der Waals surface area contributed by atoms with E-state index in [4.69, 9.17) is 9.47 Å². The van der Waals surface area contributed by atoms with E-state index in [1.54, 1.807) is 6.92 Å². The number of amides is 1. The van der Waals surface area contributed by atoms with Crippen LogP contribution < -0.4 is 14.8 Å². The molecule has 0 aliphatic rings. The maximum atomic E-state index is 12.3. The minimum atomic E-state index is -0.580. The fourth-order valence-corrected chi connectivity index (χ4v) is 2.22. The number of anilines is 1. The molecular formula is C21H27NO3. The Labute approximate surface area is 150 Å². The van der Waals surface area contributed by atoms with Crippen LogP contribution in [0.5, 0.6) is 11.5 Å². The lowest BCUT2D eigenvalue weighted by molar-refractivity contribution is -0.122. The van der Waals surface area contributed by atoms with Gasteiger partial charge in [0.25, 0.3) is 5.91 Å². The van der Waals surface area contributed by atoms with E-state index in [1.165, 1.54) is 0 Å². The van der Waals surface area contributed by atoms with Gasteiger partial charge in [0.1, 0.15) is 11.5 Å². The van der Waals surface area contributed by atoms with Crippen molar-refractivity contribution >= 4 is 11.6 Å². The van der Waals surface area contributed by atoms with E-state index in [2.05, 4.69) is 19.2 Å². The zero-order valence-corrected chi connectivity index (χ0v) is 15.4. The summed E-state index contributed by atoms with van der Waals surface area (Å²) < 4.78 is 11.4. The monoisotopic (exact) mass is 341 g/mol. The molecule has 134 valence electrons. The van der Waals surface area contributed by atoms with Gasteiger partial charge < -0.3 is 14.8 Å². The molecule has 2 aromatic rings. The summed E-state index contributed by atoms with van der Waals surface area (Å²) in [5.41, 5.74) is 1.73. The molecule has 1 amide bonds. The Kier molecular flexibility index (Phi) is 6.87. The smallest absolute Gasteiger partial charge is 0.265 e. The van der Waals surface area contributed by atoms with Crippen LogP contribution in [0.15, 0.2) is 48.5 Å². The van der Waals surface area contributed by atoms with E-state index in [0.29, 0.717) is 12.5 Å². The van der Waals surface area contributed by atoms with Gasteiger partial charge in [-0.05, 0) is 62.1 Å². The molecule has 1 atom stereocenters. The van der Waals surface area contributed by atoms with Crippen LogP contribution in [0, 0.1) is 12.8 Å². The molecule has 0 heterocycles. The predicted octanol–water partition coefficient (Wildman–Crippen LogP) is 4.83. The summed E-state index contributed by atoms with van der Waals surface area (Å²) in [5.74, 6) is 1.96. The second-order valence-corrected chi connectivity index (χ2v) is 6.57. The van der Waals surface area contributed by atoms with Crippen molar-refractivity contribution in [3.8, 4) is 11.5 Å². The quantitative estimate of drug-likeness (QED) is 0.748.